The van der Waals surface area contributed by atoms with Crippen LogP contribution in [0.3, 0.4) is 0 Å². The normalized spacial score (nSPS) is 20.6. The second-order valence-corrected chi connectivity index (χ2v) is 35.2. The van der Waals surface area contributed by atoms with Gasteiger partial charge in [0.05, 0.1) is 58.6 Å². The van der Waals surface area contributed by atoms with E-state index in [9.17, 15) is 45.1 Å². The molecule has 0 aliphatic carbocycles. The highest BCUT2D eigenvalue weighted by molar-refractivity contribution is 6.36. The molecule has 0 spiro atoms. The van der Waals surface area contributed by atoms with Crippen molar-refractivity contribution in [2.24, 2.45) is 0 Å². The predicted octanol–water partition coefficient (Wildman–Crippen LogP) is 13.5. The number of ether oxygens (including phenoxy) is 3. The minimum atomic E-state index is -4.69. The maximum absolute atomic E-state index is 14.0. The number of aromatic nitrogens is 7. The fourth-order valence-electron chi connectivity index (χ4n) is 19.6. The molecule has 690 valence electrons. The predicted molar refractivity (Wildman–Crippen MR) is 489 cm³/mol. The topological polar surface area (TPSA) is 221 Å². The van der Waals surface area contributed by atoms with Gasteiger partial charge in [0.1, 0.15) is 67.6 Å². The van der Waals surface area contributed by atoms with E-state index in [1.54, 1.807) is 4.90 Å². The minimum absolute atomic E-state index is 0.0290. The van der Waals surface area contributed by atoms with Crippen LogP contribution in [0.1, 0.15) is 83.4 Å². The summed E-state index contributed by atoms with van der Waals surface area (Å²) in [6, 6.07) is 24.5. The van der Waals surface area contributed by atoms with Crippen LogP contribution in [0.15, 0.2) is 122 Å². The Hall–Kier alpha value is -11.9. The summed E-state index contributed by atoms with van der Waals surface area (Å²) < 4.78 is 115. The third-order valence-electron chi connectivity index (χ3n) is 26.3. The van der Waals surface area contributed by atoms with Crippen LogP contribution in [0.25, 0.3) is 36.1 Å². The minimum Gasteiger partial charge on any atom is -0.462 e. The molecule has 28 nitrogen and oxygen atoms in total. The zero-order valence-corrected chi connectivity index (χ0v) is 75.1. The standard InChI is InChI=1S/C33H36ClF2N7O2.C33H38FN7O2.C28H31ClF4N8O2/c1-22(36)32(44)43-17-16-42(19-25(43)18-37-2)31-26-11-14-41(29-10-4-7-23-6-3-9-27(34)30(23)29)20-28(26)38-33(39-31)45-21-24-8-5-13-40(24)15-12-35;1-22-8-5-9-24-10-6-12-29(30(22)24)39-15-13-27-28(20-39)36-33(43-21-25-11-7-14-38(25)4)37-31(27)40-16-17-41(32(42)23(2)34)26(19-40)18-35-3;1-17(30)26(42)41-10-9-40(14-19(41)11-34-2)25-20-6-8-39(23-13-35-12-21(29)24(23)28(31,32)33)15-22(20)36-27(37-25)43-16-18-5-4-7-38(18)3/h3-4,6-7,9-10,24-25H,1,5,8,11-21H2;5-6,8-10,12,25-26H,2,7,11,13-21H2,1,4H3;12-13,18-19H,1,4-11,14-16H2,3H3/t24-,25-;25-,26-;18-,19-/m000/s1. The lowest BCUT2D eigenvalue weighted by Gasteiger charge is -2.41. The molecule has 0 radical (unpaired) electrons. The van der Waals surface area contributed by atoms with E-state index in [0.29, 0.717) is 126 Å². The van der Waals surface area contributed by atoms with E-state index in [0.717, 1.165) is 134 Å². The van der Waals surface area contributed by atoms with Gasteiger partial charge in [0.25, 0.3) is 17.7 Å². The fourth-order valence-corrected chi connectivity index (χ4v) is 20.1. The van der Waals surface area contributed by atoms with Crippen molar-refractivity contribution in [2.75, 3.05) is 194 Å². The molecule has 0 unspecified atom stereocenters. The molecule has 131 heavy (non-hydrogen) atoms. The number of alkyl halides is 4. The molecular weight excluding hydrogens is 1740 g/mol. The number of carbonyl (C=O) groups excluding carboxylic acids is 3. The summed E-state index contributed by atoms with van der Waals surface area (Å²) in [7, 11) is 4.13. The van der Waals surface area contributed by atoms with Crippen LogP contribution in [-0.2, 0) is 59.5 Å². The Bertz CT molecular complexity index is 5730. The Kier molecular flexibility index (Phi) is 29.8. The number of rotatable bonds is 23. The molecule has 4 aromatic carbocycles. The van der Waals surface area contributed by atoms with E-state index in [1.807, 2.05) is 42.3 Å². The van der Waals surface area contributed by atoms with Crippen molar-refractivity contribution in [3.05, 3.63) is 212 Å². The van der Waals surface area contributed by atoms with E-state index in [4.69, 9.17) is 82.0 Å². The van der Waals surface area contributed by atoms with E-state index >= 15 is 0 Å². The highest BCUT2D eigenvalue weighted by Gasteiger charge is 2.44. The molecule has 13 heterocycles. The van der Waals surface area contributed by atoms with Crippen molar-refractivity contribution in [1.29, 1.82) is 0 Å². The average Bonchev–Trinajstić information content (AvgIpc) is 1.20. The maximum atomic E-state index is 14.0. The van der Waals surface area contributed by atoms with Crippen molar-refractivity contribution < 1.29 is 59.3 Å². The van der Waals surface area contributed by atoms with Gasteiger partial charge in [-0.3, -0.25) is 24.3 Å². The third-order valence-corrected chi connectivity index (χ3v) is 26.9. The van der Waals surface area contributed by atoms with Gasteiger partial charge in [-0.25, -0.2) is 37.3 Å². The lowest BCUT2D eigenvalue weighted by molar-refractivity contribution is -0.137. The summed E-state index contributed by atoms with van der Waals surface area (Å²) in [4.78, 5) is 104. The van der Waals surface area contributed by atoms with Crippen LogP contribution in [-0.4, -0.2) is 283 Å². The largest absolute Gasteiger partial charge is 0.462 e. The maximum Gasteiger partial charge on any atom is 0.419 e. The number of hydrogen-bond acceptors (Lipinski definition) is 22. The molecule has 4 aromatic heterocycles. The molecular formula is C94H105Cl2F7N22O6. The zero-order valence-electron chi connectivity index (χ0n) is 73.6. The van der Waals surface area contributed by atoms with Crippen molar-refractivity contribution in [1.82, 2.24) is 64.3 Å². The van der Waals surface area contributed by atoms with Crippen molar-refractivity contribution >= 4 is 97.0 Å². The number of anilines is 6. The Morgan fingerprint density at radius 3 is 1.24 bits per heavy atom. The van der Waals surface area contributed by atoms with Crippen LogP contribution < -0.4 is 43.6 Å². The summed E-state index contributed by atoms with van der Waals surface area (Å²) in [5, 5.41) is 4.71. The number of halogens is 9. The third kappa shape index (κ3) is 21.0. The van der Waals surface area contributed by atoms with Gasteiger partial charge in [-0.05, 0) is 133 Å². The number of carbonyl (C=O) groups is 3. The van der Waals surface area contributed by atoms with Crippen LogP contribution in [0.2, 0.25) is 10.0 Å². The Morgan fingerprint density at radius 2 is 0.847 bits per heavy atom. The number of aryl methyl sites for hydroxylation is 1. The second kappa shape index (κ2) is 41.7. The lowest BCUT2D eigenvalue weighted by Crippen LogP contribution is -2.57. The van der Waals surface area contributed by atoms with Gasteiger partial charge in [0.2, 0.25) is 19.6 Å². The lowest BCUT2D eigenvalue weighted by atomic mass is 9.99. The molecule has 0 saturated carbocycles. The van der Waals surface area contributed by atoms with Gasteiger partial charge >= 0.3 is 24.2 Å². The first kappa shape index (κ1) is 93.7. The number of benzene rings is 4. The number of piperazine rings is 3. The van der Waals surface area contributed by atoms with E-state index in [2.05, 4.69) is 135 Å². The monoisotopic (exact) mass is 1840 g/mol. The molecule has 6 atom stereocenters. The molecule has 8 aromatic rings. The number of likely N-dealkylation sites (N-methyl/N-ethyl adjacent to an activating group) is 2. The van der Waals surface area contributed by atoms with Crippen molar-refractivity contribution in [2.45, 2.75) is 127 Å². The molecule has 0 N–H and O–H groups in total. The number of likely N-dealkylation sites (tertiary alicyclic amines) is 3. The number of pyridine rings is 1. The molecule has 0 bridgehead atoms. The average molecular weight is 1840 g/mol. The van der Waals surface area contributed by atoms with E-state index in [-0.39, 0.29) is 88.7 Å². The van der Waals surface area contributed by atoms with Gasteiger partial charge in [-0.1, -0.05) is 97.5 Å². The highest BCUT2D eigenvalue weighted by Crippen LogP contribution is 2.45. The van der Waals surface area contributed by atoms with Crippen LogP contribution >= 0.6 is 23.2 Å². The Labute approximate surface area is 767 Å². The van der Waals surface area contributed by atoms with Gasteiger partial charge in [-0.15, -0.1) is 0 Å². The fraction of sp³-hybridized carbons (Fsp3) is 0.479. The number of amides is 3. The smallest absolute Gasteiger partial charge is 0.419 e. The van der Waals surface area contributed by atoms with Gasteiger partial charge in [0, 0.05) is 148 Å². The number of nitrogens with zero attached hydrogens (tertiary/aromatic N) is 22. The quantitative estimate of drug-likeness (QED) is 0.0330. The van der Waals surface area contributed by atoms with Crippen molar-refractivity contribution in [3.8, 4) is 18.0 Å². The summed E-state index contributed by atoms with van der Waals surface area (Å²) in [5.74, 6) is -3.48. The van der Waals surface area contributed by atoms with Gasteiger partial charge in [-0.2, -0.15) is 43.1 Å². The molecule has 3 amide bonds. The summed E-state index contributed by atoms with van der Waals surface area (Å²) in [5.41, 5.74) is 7.39. The van der Waals surface area contributed by atoms with Crippen LogP contribution in [0, 0.1) is 26.6 Å². The summed E-state index contributed by atoms with van der Waals surface area (Å²) in [6.45, 7) is 43.6. The molecule has 37 heteroatoms. The van der Waals surface area contributed by atoms with E-state index < -0.39 is 76.8 Å². The molecule has 9 aliphatic rings. The molecule has 9 aliphatic heterocycles. The first-order valence-corrected chi connectivity index (χ1v) is 45.0. The zero-order chi connectivity index (χ0) is 92.5. The van der Waals surface area contributed by atoms with Crippen LogP contribution in [0.5, 0.6) is 18.0 Å². The first-order chi connectivity index (χ1) is 63.2. The summed E-state index contributed by atoms with van der Waals surface area (Å²) >= 11 is 12.6. The summed E-state index contributed by atoms with van der Waals surface area (Å²) in [6.07, 6.45) is 5.29. The van der Waals surface area contributed by atoms with E-state index in [1.165, 1.54) is 36.7 Å². The number of fused-ring (bicyclic) bond motifs is 5. The molecule has 6 saturated heterocycles. The molecule has 6 fully saturated rings. The SMILES string of the molecule is [C-]#[N+]C[C@H]1CN(c2nc(OC[C@@H]3CCCN3C)nc3c2CCN(c2cccc4cccc(C)c24)C3)CCN1C(=O)C(=C)F.[C-]#[N+]C[C@H]1CN(c2nc(OC[C@@H]3CCCN3C)nc3c2CCN(c2cncc(Cl)c2C(F)(F)F)C3)CCN1C(=O)C(=C)F.[C-]#[N+]C[C@H]1CN(c2nc(OC[C@@H]3CCCN3CCF)nc3c2CCN(c2cccc4cccc(Cl)c24)C3)CCN1C(=O)C(=C)F. The highest BCUT2D eigenvalue weighted by atomic mass is 35.5. The van der Waals surface area contributed by atoms with Crippen LogP contribution in [0.4, 0.5) is 65.2 Å². The Morgan fingerprint density at radius 1 is 0.466 bits per heavy atom. The number of hydrogen-bond donors (Lipinski definition) is 0. The Balaban J connectivity index is 0.000000151. The van der Waals surface area contributed by atoms with Gasteiger partial charge in [0.15, 0.2) is 17.5 Å². The van der Waals surface area contributed by atoms with Crippen molar-refractivity contribution in [3.63, 3.8) is 0 Å². The first-order valence-electron chi connectivity index (χ1n) is 44.3. The van der Waals surface area contributed by atoms with Gasteiger partial charge < -0.3 is 82.6 Å². The second-order valence-electron chi connectivity index (χ2n) is 34.4. The molecule has 17 rings (SSSR count).